The fraction of sp³-hybridized carbons (Fsp3) is 0.886. The minimum absolute atomic E-state index is 0.0878. The molecule has 11 nitrogen and oxygen atoms in total. The molecule has 0 aromatic rings. The molecule has 0 heterocycles. The van der Waals surface area contributed by atoms with Gasteiger partial charge < -0.3 is 30.0 Å². The molecule has 2 amide bonds. The van der Waals surface area contributed by atoms with Gasteiger partial charge in [-0.1, -0.05) is 168 Å². The van der Waals surface area contributed by atoms with E-state index in [4.69, 9.17) is 9.47 Å². The molecule has 0 unspecified atom stereocenters. The highest BCUT2D eigenvalue weighted by molar-refractivity contribution is 7.99. The van der Waals surface area contributed by atoms with Crippen molar-refractivity contribution in [1.82, 2.24) is 10.6 Å². The van der Waals surface area contributed by atoms with Gasteiger partial charge in [-0.05, 0) is 12.8 Å². The highest BCUT2D eigenvalue weighted by atomic mass is 32.2. The standard InChI is InChI=1S/C44H82N2O9S/c1-5-7-9-11-13-15-17-19-21-23-25-27-29-31-41(49)54-34-38(35-56-36-40(45-37(3)48)43(51)46-39(33-47)44(52)53-4)55-42(50)32-30-28-26-24-22-20-18-16-14-12-10-8-6-2/h38-40,47H,5-36H2,1-4H3,(H,45,48)(H,46,51)/t38-,39+,40+/m1/s1. The molecular weight excluding hydrogens is 733 g/mol. The Labute approximate surface area is 345 Å². The summed E-state index contributed by atoms with van der Waals surface area (Å²) in [4.78, 5) is 62.1. The summed E-state index contributed by atoms with van der Waals surface area (Å²) in [5.74, 6) is -2.31. The number of nitrogens with one attached hydrogen (secondary N) is 2. The lowest BCUT2D eigenvalue weighted by Gasteiger charge is -2.22. The molecule has 0 rings (SSSR count). The zero-order chi connectivity index (χ0) is 41.5. The molecular formula is C44H82N2O9S. The topological polar surface area (TPSA) is 157 Å². The lowest BCUT2D eigenvalue weighted by atomic mass is 10.0. The van der Waals surface area contributed by atoms with Gasteiger partial charge in [0.05, 0.1) is 13.7 Å². The second kappa shape index (κ2) is 39.5. The first kappa shape index (κ1) is 53.7. The maximum atomic E-state index is 12.9. The molecule has 3 N–H and O–H groups in total. The van der Waals surface area contributed by atoms with E-state index in [0.29, 0.717) is 6.42 Å². The van der Waals surface area contributed by atoms with Crippen molar-refractivity contribution in [3.05, 3.63) is 0 Å². The van der Waals surface area contributed by atoms with E-state index in [0.717, 1.165) is 45.6 Å². The molecule has 0 aliphatic rings. The highest BCUT2D eigenvalue weighted by Crippen LogP contribution is 2.16. The van der Waals surface area contributed by atoms with Crippen LogP contribution in [0, 0.1) is 0 Å². The average molecular weight is 815 g/mol. The second-order valence-electron chi connectivity index (χ2n) is 15.3. The van der Waals surface area contributed by atoms with Gasteiger partial charge in [0.25, 0.3) is 0 Å². The highest BCUT2D eigenvalue weighted by Gasteiger charge is 2.27. The summed E-state index contributed by atoms with van der Waals surface area (Å²) in [7, 11) is 1.14. The van der Waals surface area contributed by atoms with E-state index in [1.807, 2.05) is 0 Å². The summed E-state index contributed by atoms with van der Waals surface area (Å²) in [6.07, 6.45) is 31.4. The van der Waals surface area contributed by atoms with Gasteiger partial charge in [-0.25, -0.2) is 4.79 Å². The van der Waals surface area contributed by atoms with Crippen molar-refractivity contribution in [2.45, 2.75) is 219 Å². The van der Waals surface area contributed by atoms with Gasteiger partial charge in [-0.2, -0.15) is 11.8 Å². The van der Waals surface area contributed by atoms with Crippen LogP contribution in [0.2, 0.25) is 0 Å². The molecule has 0 aromatic heterocycles. The van der Waals surface area contributed by atoms with Gasteiger partial charge in [0.2, 0.25) is 11.8 Å². The predicted octanol–water partition coefficient (Wildman–Crippen LogP) is 9.29. The predicted molar refractivity (Wildman–Crippen MR) is 227 cm³/mol. The van der Waals surface area contributed by atoms with E-state index in [1.165, 1.54) is 147 Å². The molecule has 0 aliphatic heterocycles. The van der Waals surface area contributed by atoms with Gasteiger partial charge in [-0.3, -0.25) is 19.2 Å². The number of carbonyl (C=O) groups excluding carboxylic acids is 5. The molecule has 0 saturated heterocycles. The number of amides is 2. The van der Waals surface area contributed by atoms with E-state index in [2.05, 4.69) is 29.2 Å². The molecule has 0 aromatic carbocycles. The maximum Gasteiger partial charge on any atom is 0.330 e. The summed E-state index contributed by atoms with van der Waals surface area (Å²) < 4.78 is 15.9. The van der Waals surface area contributed by atoms with Crippen molar-refractivity contribution in [1.29, 1.82) is 0 Å². The van der Waals surface area contributed by atoms with E-state index < -0.39 is 42.6 Å². The maximum absolute atomic E-state index is 12.9. The summed E-state index contributed by atoms with van der Waals surface area (Å²) in [5.41, 5.74) is 0. The summed E-state index contributed by atoms with van der Waals surface area (Å²) in [6, 6.07) is -2.31. The molecule has 0 fully saturated rings. The van der Waals surface area contributed by atoms with Crippen molar-refractivity contribution in [2.75, 3.05) is 31.8 Å². The number of rotatable bonds is 40. The van der Waals surface area contributed by atoms with Crippen LogP contribution in [-0.2, 0) is 38.2 Å². The fourth-order valence-corrected chi connectivity index (χ4v) is 7.57. The largest absolute Gasteiger partial charge is 0.467 e. The van der Waals surface area contributed by atoms with Gasteiger partial charge in [0.1, 0.15) is 18.8 Å². The van der Waals surface area contributed by atoms with Crippen LogP contribution in [0.4, 0.5) is 0 Å². The first-order valence-corrected chi connectivity index (χ1v) is 23.5. The Hall–Kier alpha value is -2.34. The van der Waals surface area contributed by atoms with Crippen LogP contribution in [-0.4, -0.2) is 84.8 Å². The van der Waals surface area contributed by atoms with Crippen LogP contribution in [0.15, 0.2) is 0 Å². The molecule has 0 saturated carbocycles. The number of thioether (sulfide) groups is 1. The normalized spacial score (nSPS) is 12.7. The molecule has 0 bridgehead atoms. The Kier molecular flexibility index (Phi) is 37.8. The van der Waals surface area contributed by atoms with E-state index in [1.54, 1.807) is 0 Å². The first-order chi connectivity index (χ1) is 27.2. The van der Waals surface area contributed by atoms with Crippen molar-refractivity contribution in [2.24, 2.45) is 0 Å². The molecule has 3 atom stereocenters. The van der Waals surface area contributed by atoms with Crippen LogP contribution >= 0.6 is 11.8 Å². The average Bonchev–Trinajstić information content (AvgIpc) is 3.18. The Balaban J connectivity index is 4.77. The summed E-state index contributed by atoms with van der Waals surface area (Å²) in [6.45, 7) is 5.00. The first-order valence-electron chi connectivity index (χ1n) is 22.4. The Morgan fingerprint density at radius 3 is 1.36 bits per heavy atom. The lowest BCUT2D eigenvalue weighted by Crippen LogP contribution is -2.53. The fourth-order valence-electron chi connectivity index (χ4n) is 6.53. The Morgan fingerprint density at radius 2 is 0.964 bits per heavy atom. The van der Waals surface area contributed by atoms with Crippen LogP contribution in [0.1, 0.15) is 201 Å². The third-order valence-corrected chi connectivity index (χ3v) is 11.1. The smallest absolute Gasteiger partial charge is 0.330 e. The number of aliphatic hydroxyl groups excluding tert-OH is 1. The molecule has 328 valence electrons. The van der Waals surface area contributed by atoms with Crippen molar-refractivity contribution >= 4 is 41.5 Å². The number of hydrogen-bond acceptors (Lipinski definition) is 10. The zero-order valence-corrected chi connectivity index (χ0v) is 36.8. The Morgan fingerprint density at radius 1 is 0.554 bits per heavy atom. The minimum atomic E-state index is -1.28. The quantitative estimate of drug-likeness (QED) is 0.0309. The number of esters is 3. The van der Waals surface area contributed by atoms with E-state index >= 15 is 0 Å². The van der Waals surface area contributed by atoms with Gasteiger partial charge in [0, 0.05) is 31.3 Å². The lowest BCUT2D eigenvalue weighted by molar-refractivity contribution is -0.157. The Bertz CT molecular complexity index is 1000. The van der Waals surface area contributed by atoms with Crippen LogP contribution in [0.5, 0.6) is 0 Å². The van der Waals surface area contributed by atoms with Gasteiger partial charge >= 0.3 is 17.9 Å². The van der Waals surface area contributed by atoms with Crippen LogP contribution in [0.25, 0.3) is 0 Å². The van der Waals surface area contributed by atoms with Crippen LogP contribution < -0.4 is 10.6 Å². The number of hydrogen-bond donors (Lipinski definition) is 3. The molecule has 12 heteroatoms. The monoisotopic (exact) mass is 815 g/mol. The zero-order valence-electron chi connectivity index (χ0n) is 36.0. The summed E-state index contributed by atoms with van der Waals surface area (Å²) >= 11 is 1.25. The third-order valence-electron chi connectivity index (χ3n) is 9.96. The minimum Gasteiger partial charge on any atom is -0.467 e. The number of unbranched alkanes of at least 4 members (excludes halogenated alkanes) is 24. The SMILES string of the molecule is CCCCCCCCCCCCCCCC(=O)OC[C@H](CSC[C@H](NC(C)=O)C(=O)N[C@@H](CO)C(=O)OC)OC(=O)CCCCCCCCCCCCCCC. The van der Waals surface area contributed by atoms with E-state index in [-0.39, 0.29) is 36.5 Å². The molecule has 0 aliphatic carbocycles. The van der Waals surface area contributed by atoms with Gasteiger partial charge in [-0.15, -0.1) is 0 Å². The number of ether oxygens (including phenoxy) is 3. The third kappa shape index (κ3) is 33.8. The molecule has 0 spiro atoms. The number of aliphatic hydroxyl groups is 1. The summed E-state index contributed by atoms with van der Waals surface area (Å²) in [5, 5.41) is 14.5. The van der Waals surface area contributed by atoms with Crippen molar-refractivity contribution < 1.29 is 43.3 Å². The second-order valence-corrected chi connectivity index (χ2v) is 16.4. The van der Waals surface area contributed by atoms with E-state index in [9.17, 15) is 29.1 Å². The number of methoxy groups -OCH3 is 1. The van der Waals surface area contributed by atoms with Crippen molar-refractivity contribution in [3.8, 4) is 0 Å². The van der Waals surface area contributed by atoms with Crippen molar-refractivity contribution in [3.63, 3.8) is 0 Å². The number of carbonyl (C=O) groups is 5. The molecule has 0 radical (unpaired) electrons. The van der Waals surface area contributed by atoms with Gasteiger partial charge in [0.15, 0.2) is 6.04 Å². The van der Waals surface area contributed by atoms with Crippen LogP contribution in [0.3, 0.4) is 0 Å². The molecule has 56 heavy (non-hydrogen) atoms.